The Morgan fingerprint density at radius 3 is 1.32 bits per heavy atom. The van der Waals surface area contributed by atoms with Gasteiger partial charge in [-0.25, -0.2) is 0 Å². The van der Waals surface area contributed by atoms with E-state index in [0.29, 0.717) is 55.3 Å². The molecule has 0 saturated heterocycles. The predicted octanol–water partition coefficient (Wildman–Crippen LogP) is 10.7. The maximum Gasteiger partial charge on any atom is 0.193 e. The van der Waals surface area contributed by atoms with Gasteiger partial charge in [-0.05, 0) is 121 Å². The van der Waals surface area contributed by atoms with Crippen molar-refractivity contribution in [2.75, 3.05) is 0 Å². The highest BCUT2D eigenvalue weighted by Crippen LogP contribution is 2.37. The largest absolute Gasteiger partial charge is 0.457 e. The van der Waals surface area contributed by atoms with Crippen LogP contribution < -0.4 is 9.47 Å². The second-order valence-electron chi connectivity index (χ2n) is 9.95. The number of hydrogen-bond donors (Lipinski definition) is 0. The van der Waals surface area contributed by atoms with Crippen LogP contribution in [0.25, 0.3) is 11.1 Å². The van der Waals surface area contributed by atoms with E-state index in [0.717, 1.165) is 11.1 Å². The Bertz CT molecular complexity index is 1920. The van der Waals surface area contributed by atoms with E-state index in [1.54, 1.807) is 97.1 Å². The summed E-state index contributed by atoms with van der Waals surface area (Å²) in [4.78, 5) is 25.7. The summed E-state index contributed by atoms with van der Waals surface area (Å²) in [6.07, 6.45) is 0. The summed E-state index contributed by atoms with van der Waals surface area (Å²) in [6.45, 7) is 0. The highest BCUT2D eigenvalue weighted by atomic mass is 35.5. The quantitative estimate of drug-likeness (QED) is 0.152. The Hall–Kier alpha value is -5.16. The van der Waals surface area contributed by atoms with Gasteiger partial charge in [0.1, 0.15) is 23.0 Å². The number of benzene rings is 6. The summed E-state index contributed by atoms with van der Waals surface area (Å²) < 4.78 is 12.5. The van der Waals surface area contributed by atoms with Crippen LogP contribution in [-0.2, 0) is 0 Å². The van der Waals surface area contributed by atoms with E-state index in [1.807, 2.05) is 48.5 Å². The topological polar surface area (TPSA) is 52.6 Å². The first-order valence-corrected chi connectivity index (χ1v) is 14.5. The van der Waals surface area contributed by atoms with Crippen LogP contribution in [-0.4, -0.2) is 11.6 Å². The normalized spacial score (nSPS) is 10.7. The molecule has 0 radical (unpaired) electrons. The number of rotatable bonds is 9. The van der Waals surface area contributed by atoms with Gasteiger partial charge >= 0.3 is 0 Å². The van der Waals surface area contributed by atoms with E-state index in [2.05, 4.69) is 0 Å². The zero-order chi connectivity index (χ0) is 30.5. The van der Waals surface area contributed by atoms with Crippen LogP contribution in [0.5, 0.6) is 23.0 Å². The summed E-state index contributed by atoms with van der Waals surface area (Å²) in [5.74, 6) is 2.22. The fourth-order valence-electron chi connectivity index (χ4n) is 4.65. The minimum absolute atomic E-state index is 0.0940. The molecule has 214 valence electrons. The van der Waals surface area contributed by atoms with Gasteiger partial charge in [0.05, 0.1) is 0 Å². The fourth-order valence-corrected chi connectivity index (χ4v) is 4.90. The molecule has 0 aliphatic carbocycles. The van der Waals surface area contributed by atoms with Gasteiger partial charge in [0.2, 0.25) is 0 Å². The van der Waals surface area contributed by atoms with Crippen molar-refractivity contribution in [3.05, 3.63) is 178 Å². The van der Waals surface area contributed by atoms with Crippen molar-refractivity contribution >= 4 is 34.8 Å². The fraction of sp³-hybridized carbons (Fsp3) is 0. The summed E-state index contributed by atoms with van der Waals surface area (Å²) in [6, 6.07) is 43.1. The lowest BCUT2D eigenvalue weighted by Gasteiger charge is -2.14. The monoisotopic (exact) mass is 614 g/mol. The van der Waals surface area contributed by atoms with Crippen molar-refractivity contribution in [1.29, 1.82) is 0 Å². The van der Waals surface area contributed by atoms with E-state index in [4.69, 9.17) is 32.7 Å². The minimum Gasteiger partial charge on any atom is -0.457 e. The van der Waals surface area contributed by atoms with Crippen LogP contribution in [0, 0.1) is 0 Å². The van der Waals surface area contributed by atoms with Gasteiger partial charge in [0.25, 0.3) is 0 Å². The second-order valence-corrected chi connectivity index (χ2v) is 10.8. The molecule has 6 aromatic carbocycles. The minimum atomic E-state index is -0.0953. The molecule has 0 unspecified atom stereocenters. The Kier molecular flexibility index (Phi) is 8.55. The molecule has 6 rings (SSSR count). The van der Waals surface area contributed by atoms with E-state index in [9.17, 15) is 9.59 Å². The van der Waals surface area contributed by atoms with Gasteiger partial charge in [0, 0.05) is 37.9 Å². The molecule has 0 N–H and O–H groups in total. The van der Waals surface area contributed by atoms with E-state index in [-0.39, 0.29) is 11.6 Å². The molecule has 44 heavy (non-hydrogen) atoms. The lowest BCUT2D eigenvalue weighted by atomic mass is 10.0. The Labute approximate surface area is 265 Å². The lowest BCUT2D eigenvalue weighted by molar-refractivity contribution is 0.103. The maximum atomic E-state index is 12.9. The van der Waals surface area contributed by atoms with Crippen molar-refractivity contribution < 1.29 is 19.1 Å². The third kappa shape index (κ3) is 6.73. The van der Waals surface area contributed by atoms with E-state index >= 15 is 0 Å². The molecular weight excluding hydrogens is 591 g/mol. The summed E-state index contributed by atoms with van der Waals surface area (Å²) in [5.41, 5.74) is 4.01. The van der Waals surface area contributed by atoms with Gasteiger partial charge in [-0.3, -0.25) is 9.59 Å². The van der Waals surface area contributed by atoms with Crippen LogP contribution in [0.4, 0.5) is 0 Å². The van der Waals surface area contributed by atoms with Crippen molar-refractivity contribution in [1.82, 2.24) is 0 Å². The summed E-state index contributed by atoms with van der Waals surface area (Å²) in [5, 5.41) is 1.16. The van der Waals surface area contributed by atoms with Crippen LogP contribution in [0.3, 0.4) is 0 Å². The number of halogens is 2. The highest BCUT2D eigenvalue weighted by molar-refractivity contribution is 6.31. The van der Waals surface area contributed by atoms with Gasteiger partial charge in [0.15, 0.2) is 11.6 Å². The molecule has 0 aliphatic rings. The number of ether oxygens (including phenoxy) is 2. The molecule has 0 aliphatic heterocycles. The molecule has 0 amide bonds. The Balaban J connectivity index is 1.21. The third-order valence-corrected chi connectivity index (χ3v) is 7.45. The van der Waals surface area contributed by atoms with Crippen molar-refractivity contribution in [3.63, 3.8) is 0 Å². The van der Waals surface area contributed by atoms with Crippen molar-refractivity contribution in [2.45, 2.75) is 0 Å². The maximum absolute atomic E-state index is 12.9. The average molecular weight is 616 g/mol. The van der Waals surface area contributed by atoms with Crippen LogP contribution >= 0.6 is 23.2 Å². The first-order chi connectivity index (χ1) is 21.4. The molecular formula is C38H24Cl2O4. The molecule has 0 aromatic heterocycles. The average Bonchev–Trinajstić information content (AvgIpc) is 3.06. The summed E-state index contributed by atoms with van der Waals surface area (Å²) >= 11 is 11.9. The molecule has 6 heteroatoms. The zero-order valence-electron chi connectivity index (χ0n) is 23.2. The molecule has 6 aromatic rings. The van der Waals surface area contributed by atoms with Crippen molar-refractivity contribution in [2.24, 2.45) is 0 Å². The smallest absolute Gasteiger partial charge is 0.193 e. The van der Waals surface area contributed by atoms with Crippen LogP contribution in [0.1, 0.15) is 31.8 Å². The Morgan fingerprint density at radius 2 is 0.841 bits per heavy atom. The van der Waals surface area contributed by atoms with Crippen LogP contribution in [0.15, 0.2) is 146 Å². The van der Waals surface area contributed by atoms with Gasteiger partial charge < -0.3 is 9.47 Å². The van der Waals surface area contributed by atoms with Crippen LogP contribution in [0.2, 0.25) is 10.0 Å². The molecule has 0 fully saturated rings. The Morgan fingerprint density at radius 1 is 0.432 bits per heavy atom. The zero-order valence-corrected chi connectivity index (χ0v) is 24.8. The van der Waals surface area contributed by atoms with Gasteiger partial charge in [-0.2, -0.15) is 0 Å². The third-order valence-electron chi connectivity index (χ3n) is 6.95. The standard InChI is InChI=1S/C38H24Cl2O4/c39-30-14-6-26(7-15-30)37(41)28-10-18-32(19-11-28)43-34-22-23-36(35(24-34)25-4-2-1-3-5-25)44-33-20-12-29(13-21-33)38(42)27-8-16-31(40)17-9-27/h1-24H. The first-order valence-electron chi connectivity index (χ1n) is 13.8. The molecule has 0 atom stereocenters. The predicted molar refractivity (Wildman–Crippen MR) is 175 cm³/mol. The number of hydrogen-bond acceptors (Lipinski definition) is 4. The molecule has 4 nitrogen and oxygen atoms in total. The first kappa shape index (κ1) is 28.9. The summed E-state index contributed by atoms with van der Waals surface area (Å²) in [7, 11) is 0. The SMILES string of the molecule is O=C(c1ccc(Cl)cc1)c1ccc(Oc2ccc(Oc3ccc(C(=O)c4ccc(Cl)cc4)cc3)c(-c3ccccc3)c2)cc1. The molecule has 0 spiro atoms. The molecule has 0 bridgehead atoms. The highest BCUT2D eigenvalue weighted by Gasteiger charge is 2.14. The van der Waals surface area contributed by atoms with E-state index < -0.39 is 0 Å². The number of carbonyl (C=O) groups excluding carboxylic acids is 2. The lowest BCUT2D eigenvalue weighted by Crippen LogP contribution is -2.01. The number of ketones is 2. The van der Waals surface area contributed by atoms with Crippen molar-refractivity contribution in [3.8, 4) is 34.1 Å². The second kappa shape index (κ2) is 13.0. The molecule has 0 heterocycles. The van der Waals surface area contributed by atoms with Gasteiger partial charge in [-0.15, -0.1) is 0 Å². The van der Waals surface area contributed by atoms with Gasteiger partial charge in [-0.1, -0.05) is 53.5 Å². The number of carbonyl (C=O) groups is 2. The van der Waals surface area contributed by atoms with E-state index in [1.165, 1.54) is 0 Å². The molecule has 0 saturated carbocycles.